The van der Waals surface area contributed by atoms with E-state index < -0.39 is 0 Å². The van der Waals surface area contributed by atoms with Crippen LogP contribution in [-0.2, 0) is 4.79 Å². The molecule has 1 aliphatic rings. The minimum absolute atomic E-state index is 0.0464. The maximum absolute atomic E-state index is 12.3. The van der Waals surface area contributed by atoms with Crippen LogP contribution in [0.5, 0.6) is 0 Å². The van der Waals surface area contributed by atoms with E-state index in [9.17, 15) is 4.79 Å². The van der Waals surface area contributed by atoms with Gasteiger partial charge in [-0.25, -0.2) is 4.98 Å². The number of nitrogens with zero attached hydrogens (tertiary/aromatic N) is 2. The van der Waals surface area contributed by atoms with Gasteiger partial charge in [-0.15, -0.1) is 0 Å². The van der Waals surface area contributed by atoms with Gasteiger partial charge in [-0.3, -0.25) is 9.69 Å². The Kier molecular flexibility index (Phi) is 5.70. The zero-order valence-electron chi connectivity index (χ0n) is 18.3. The van der Waals surface area contributed by atoms with E-state index in [1.807, 2.05) is 30.3 Å². The van der Waals surface area contributed by atoms with Crippen molar-refractivity contribution in [2.45, 2.75) is 19.8 Å². The molecule has 1 saturated heterocycles. The summed E-state index contributed by atoms with van der Waals surface area (Å²) in [6.07, 6.45) is 2.37. The number of hydrogen-bond acceptors (Lipinski definition) is 3. The lowest BCUT2D eigenvalue weighted by Gasteiger charge is -2.14. The number of anilines is 1. The van der Waals surface area contributed by atoms with Crippen LogP contribution in [0.3, 0.4) is 0 Å². The standard InChI is InChI=1S/C28H27N3O/c1-20-8-10-21(11-9-20)25-18-27(30-26-7-3-2-6-24(25)26)22-12-14-23(15-13-22)29-28(32)19-31-16-4-5-17-31/h2-3,6-15,18H,4-5,16-17,19H2,1H3,(H,29,32). The zero-order valence-corrected chi connectivity index (χ0v) is 18.3. The van der Waals surface area contributed by atoms with Gasteiger partial charge in [0.25, 0.3) is 0 Å². The largest absolute Gasteiger partial charge is 0.325 e. The Hall–Kier alpha value is -3.50. The molecule has 4 heteroatoms. The van der Waals surface area contributed by atoms with Crippen molar-refractivity contribution in [1.82, 2.24) is 9.88 Å². The van der Waals surface area contributed by atoms with E-state index in [1.54, 1.807) is 0 Å². The number of rotatable bonds is 5. The summed E-state index contributed by atoms with van der Waals surface area (Å²) in [6, 6.07) is 27.0. The van der Waals surface area contributed by atoms with Crippen molar-refractivity contribution in [2.24, 2.45) is 0 Å². The summed E-state index contributed by atoms with van der Waals surface area (Å²) < 4.78 is 0. The van der Waals surface area contributed by atoms with Gasteiger partial charge in [0, 0.05) is 16.6 Å². The molecule has 0 bridgehead atoms. The lowest BCUT2D eigenvalue weighted by molar-refractivity contribution is -0.117. The van der Waals surface area contributed by atoms with Crippen LogP contribution < -0.4 is 5.32 Å². The van der Waals surface area contributed by atoms with Crippen molar-refractivity contribution in [3.05, 3.63) is 84.4 Å². The normalized spacial score (nSPS) is 14.0. The molecule has 1 aromatic heterocycles. The molecule has 4 aromatic rings. The zero-order chi connectivity index (χ0) is 21.9. The van der Waals surface area contributed by atoms with Gasteiger partial charge in [0.1, 0.15) is 0 Å². The number of para-hydroxylation sites is 1. The Morgan fingerprint density at radius 3 is 2.34 bits per heavy atom. The Balaban J connectivity index is 1.43. The summed E-state index contributed by atoms with van der Waals surface area (Å²) in [7, 11) is 0. The van der Waals surface area contributed by atoms with Gasteiger partial charge in [0.05, 0.1) is 17.8 Å². The molecule has 32 heavy (non-hydrogen) atoms. The Morgan fingerprint density at radius 1 is 0.906 bits per heavy atom. The minimum Gasteiger partial charge on any atom is -0.325 e. The molecule has 0 unspecified atom stereocenters. The third-order valence-electron chi connectivity index (χ3n) is 6.11. The second kappa shape index (κ2) is 8.93. The highest BCUT2D eigenvalue weighted by atomic mass is 16.2. The summed E-state index contributed by atoms with van der Waals surface area (Å²) >= 11 is 0. The summed E-state index contributed by atoms with van der Waals surface area (Å²) in [4.78, 5) is 19.4. The highest BCUT2D eigenvalue weighted by Gasteiger charge is 2.15. The van der Waals surface area contributed by atoms with Crippen molar-refractivity contribution < 1.29 is 4.79 Å². The predicted octanol–water partition coefficient (Wildman–Crippen LogP) is 5.91. The number of benzene rings is 3. The molecule has 160 valence electrons. The molecule has 0 spiro atoms. The lowest BCUT2D eigenvalue weighted by atomic mass is 9.97. The molecule has 0 atom stereocenters. The number of aromatic nitrogens is 1. The number of hydrogen-bond donors (Lipinski definition) is 1. The number of nitrogens with one attached hydrogen (secondary N) is 1. The van der Waals surface area contributed by atoms with Gasteiger partial charge < -0.3 is 5.32 Å². The van der Waals surface area contributed by atoms with Crippen molar-refractivity contribution >= 4 is 22.5 Å². The molecule has 2 heterocycles. The SMILES string of the molecule is Cc1ccc(-c2cc(-c3ccc(NC(=O)CN4CCCC4)cc3)nc3ccccc23)cc1. The summed E-state index contributed by atoms with van der Waals surface area (Å²) in [5, 5.41) is 4.16. The van der Waals surface area contributed by atoms with E-state index in [-0.39, 0.29) is 5.91 Å². The molecule has 4 nitrogen and oxygen atoms in total. The second-order valence-electron chi connectivity index (χ2n) is 8.55. The molecule has 1 fully saturated rings. The van der Waals surface area contributed by atoms with Crippen LogP contribution in [0, 0.1) is 6.92 Å². The fourth-order valence-electron chi connectivity index (χ4n) is 4.36. The van der Waals surface area contributed by atoms with Crippen molar-refractivity contribution in [2.75, 3.05) is 25.0 Å². The third-order valence-corrected chi connectivity index (χ3v) is 6.11. The lowest BCUT2D eigenvalue weighted by Crippen LogP contribution is -2.30. The topological polar surface area (TPSA) is 45.2 Å². The van der Waals surface area contributed by atoms with Crippen LogP contribution in [0.2, 0.25) is 0 Å². The van der Waals surface area contributed by atoms with E-state index in [4.69, 9.17) is 4.98 Å². The van der Waals surface area contributed by atoms with Crippen LogP contribution in [0.1, 0.15) is 18.4 Å². The first-order valence-corrected chi connectivity index (χ1v) is 11.3. The molecule has 1 aliphatic heterocycles. The number of likely N-dealkylation sites (tertiary alicyclic amines) is 1. The maximum atomic E-state index is 12.3. The quantitative estimate of drug-likeness (QED) is 0.436. The molecule has 0 radical (unpaired) electrons. The van der Waals surface area contributed by atoms with Crippen LogP contribution in [0.15, 0.2) is 78.9 Å². The fourth-order valence-corrected chi connectivity index (χ4v) is 4.36. The van der Waals surface area contributed by atoms with E-state index in [0.29, 0.717) is 6.54 Å². The molecule has 0 saturated carbocycles. The van der Waals surface area contributed by atoms with Gasteiger partial charge in [-0.2, -0.15) is 0 Å². The fraction of sp³-hybridized carbons (Fsp3) is 0.214. The van der Waals surface area contributed by atoms with Crippen LogP contribution in [-0.4, -0.2) is 35.4 Å². The Bertz CT molecular complexity index is 1240. The first-order chi connectivity index (χ1) is 15.7. The van der Waals surface area contributed by atoms with E-state index in [0.717, 1.165) is 40.9 Å². The smallest absolute Gasteiger partial charge is 0.238 e. The third kappa shape index (κ3) is 4.41. The van der Waals surface area contributed by atoms with Crippen LogP contribution >= 0.6 is 0 Å². The number of pyridine rings is 1. The van der Waals surface area contributed by atoms with Crippen LogP contribution in [0.4, 0.5) is 5.69 Å². The highest BCUT2D eigenvalue weighted by molar-refractivity contribution is 5.97. The predicted molar refractivity (Wildman–Crippen MR) is 132 cm³/mol. The number of aryl methyl sites for hydroxylation is 1. The molecular formula is C28H27N3O. The van der Waals surface area contributed by atoms with Gasteiger partial charge in [0.2, 0.25) is 5.91 Å². The van der Waals surface area contributed by atoms with Gasteiger partial charge in [-0.1, -0.05) is 60.2 Å². The number of amides is 1. The van der Waals surface area contributed by atoms with Crippen LogP contribution in [0.25, 0.3) is 33.3 Å². The molecular weight excluding hydrogens is 394 g/mol. The minimum atomic E-state index is 0.0464. The maximum Gasteiger partial charge on any atom is 0.238 e. The molecule has 5 rings (SSSR count). The number of fused-ring (bicyclic) bond motifs is 1. The second-order valence-corrected chi connectivity index (χ2v) is 8.55. The highest BCUT2D eigenvalue weighted by Crippen LogP contribution is 2.32. The van der Waals surface area contributed by atoms with Gasteiger partial charge in [-0.05, 0) is 68.2 Å². The molecule has 1 amide bonds. The van der Waals surface area contributed by atoms with Gasteiger partial charge >= 0.3 is 0 Å². The summed E-state index contributed by atoms with van der Waals surface area (Å²) in [5.41, 5.74) is 7.35. The monoisotopic (exact) mass is 421 g/mol. The molecule has 0 aliphatic carbocycles. The Morgan fingerprint density at radius 2 is 1.59 bits per heavy atom. The number of carbonyl (C=O) groups excluding carboxylic acids is 1. The summed E-state index contributed by atoms with van der Waals surface area (Å²) in [5.74, 6) is 0.0464. The average molecular weight is 422 g/mol. The number of carbonyl (C=O) groups is 1. The first-order valence-electron chi connectivity index (χ1n) is 11.3. The Labute approximate surface area is 188 Å². The van der Waals surface area contributed by atoms with E-state index >= 15 is 0 Å². The first kappa shape index (κ1) is 20.4. The average Bonchev–Trinajstić information content (AvgIpc) is 3.32. The van der Waals surface area contributed by atoms with Crippen molar-refractivity contribution in [1.29, 1.82) is 0 Å². The van der Waals surface area contributed by atoms with E-state index in [2.05, 4.69) is 65.7 Å². The molecule has 1 N–H and O–H groups in total. The molecule has 3 aromatic carbocycles. The van der Waals surface area contributed by atoms with E-state index in [1.165, 1.54) is 29.5 Å². The van der Waals surface area contributed by atoms with Crippen molar-refractivity contribution in [3.8, 4) is 22.4 Å². The van der Waals surface area contributed by atoms with Gasteiger partial charge in [0.15, 0.2) is 0 Å². The van der Waals surface area contributed by atoms with Crippen molar-refractivity contribution in [3.63, 3.8) is 0 Å². The summed E-state index contributed by atoms with van der Waals surface area (Å²) in [6.45, 7) is 4.60.